The lowest BCUT2D eigenvalue weighted by atomic mass is 9.78. The quantitative estimate of drug-likeness (QED) is 0.834. The number of aliphatic carboxylic acids is 1. The van der Waals surface area contributed by atoms with E-state index in [1.165, 1.54) is 6.39 Å². The predicted octanol–water partition coefficient (Wildman–Crippen LogP) is 1.74. The normalized spacial score (nSPS) is 18.0. The van der Waals surface area contributed by atoms with Gasteiger partial charge >= 0.3 is 5.97 Å². The molecule has 2 heterocycles. The maximum absolute atomic E-state index is 10.6. The second-order valence-electron chi connectivity index (χ2n) is 4.36. The number of ether oxygens (including phenoxy) is 1. The maximum Gasteiger partial charge on any atom is 0.328 e. The molecular weight excluding hydrogens is 234 g/mol. The van der Waals surface area contributed by atoms with E-state index in [0.29, 0.717) is 18.8 Å². The van der Waals surface area contributed by atoms with Crippen LogP contribution in [0.15, 0.2) is 41.2 Å². The van der Waals surface area contributed by atoms with E-state index in [1.807, 2.05) is 18.2 Å². The zero-order valence-electron chi connectivity index (χ0n) is 9.50. The lowest BCUT2D eigenvalue weighted by Crippen LogP contribution is -2.45. The van der Waals surface area contributed by atoms with Gasteiger partial charge in [0.2, 0.25) is 0 Å². The molecule has 1 N–H and O–H groups in total. The van der Waals surface area contributed by atoms with Crippen LogP contribution >= 0.6 is 0 Å². The second-order valence-corrected chi connectivity index (χ2v) is 4.36. The summed E-state index contributed by atoms with van der Waals surface area (Å²) in [7, 11) is 0. The summed E-state index contributed by atoms with van der Waals surface area (Å²) >= 11 is 0. The molecule has 1 aromatic heterocycles. The molecular formula is C13H11NO4. The number of nitrogens with zero attached hydrogens (tertiary/aromatic N) is 1. The molecule has 3 rings (SSSR count). The standard InChI is InChI=1S/C13H11NO4/c15-12(16)3-4-13(6-17-7-13)9-1-2-10-11(5-9)18-8-14-10/h1-5,8H,6-7H2,(H,15,16)/b4-3+. The first-order valence-corrected chi connectivity index (χ1v) is 5.53. The van der Waals surface area contributed by atoms with E-state index in [1.54, 1.807) is 6.08 Å². The van der Waals surface area contributed by atoms with Gasteiger partial charge in [0.1, 0.15) is 5.52 Å². The predicted molar refractivity (Wildman–Crippen MR) is 63.3 cm³/mol. The van der Waals surface area contributed by atoms with Gasteiger partial charge in [0.25, 0.3) is 0 Å². The van der Waals surface area contributed by atoms with Crippen LogP contribution in [0.1, 0.15) is 5.56 Å². The van der Waals surface area contributed by atoms with Crippen molar-refractivity contribution < 1.29 is 19.1 Å². The Bertz CT molecular complexity index is 625. The highest BCUT2D eigenvalue weighted by Crippen LogP contribution is 2.35. The van der Waals surface area contributed by atoms with Gasteiger partial charge in [-0.05, 0) is 17.7 Å². The van der Waals surface area contributed by atoms with Gasteiger partial charge in [0.05, 0.1) is 18.6 Å². The van der Waals surface area contributed by atoms with Crippen LogP contribution < -0.4 is 0 Å². The molecule has 5 nitrogen and oxygen atoms in total. The van der Waals surface area contributed by atoms with E-state index < -0.39 is 5.97 Å². The SMILES string of the molecule is O=C(O)/C=C/C1(c2ccc3ncoc3c2)COC1. The fourth-order valence-electron chi connectivity index (χ4n) is 2.08. The largest absolute Gasteiger partial charge is 0.478 e. The summed E-state index contributed by atoms with van der Waals surface area (Å²) in [4.78, 5) is 14.7. The van der Waals surface area contributed by atoms with E-state index in [0.717, 1.165) is 17.2 Å². The minimum atomic E-state index is -0.956. The van der Waals surface area contributed by atoms with E-state index >= 15 is 0 Å². The topological polar surface area (TPSA) is 72.6 Å². The van der Waals surface area contributed by atoms with Crippen molar-refractivity contribution in [1.82, 2.24) is 4.98 Å². The first kappa shape index (κ1) is 11.0. The molecule has 0 bridgehead atoms. The summed E-state index contributed by atoms with van der Waals surface area (Å²) in [5.74, 6) is -0.956. The highest BCUT2D eigenvalue weighted by atomic mass is 16.5. The first-order valence-electron chi connectivity index (χ1n) is 5.53. The molecule has 2 aromatic rings. The molecule has 0 unspecified atom stereocenters. The van der Waals surface area contributed by atoms with E-state index in [9.17, 15) is 4.79 Å². The van der Waals surface area contributed by atoms with Gasteiger partial charge in [-0.25, -0.2) is 9.78 Å². The second kappa shape index (κ2) is 3.96. The Morgan fingerprint density at radius 3 is 2.94 bits per heavy atom. The van der Waals surface area contributed by atoms with E-state index in [2.05, 4.69) is 4.98 Å². The minimum Gasteiger partial charge on any atom is -0.478 e. The van der Waals surface area contributed by atoms with Crippen molar-refractivity contribution in [1.29, 1.82) is 0 Å². The minimum absolute atomic E-state index is 0.362. The smallest absolute Gasteiger partial charge is 0.328 e. The van der Waals surface area contributed by atoms with Crippen molar-refractivity contribution in [2.45, 2.75) is 5.41 Å². The number of hydrogen-bond acceptors (Lipinski definition) is 4. The Morgan fingerprint density at radius 2 is 2.28 bits per heavy atom. The first-order chi connectivity index (χ1) is 8.70. The number of carbonyl (C=O) groups is 1. The monoisotopic (exact) mass is 245 g/mol. The van der Waals surface area contributed by atoms with E-state index in [-0.39, 0.29) is 5.41 Å². The van der Waals surface area contributed by atoms with Crippen LogP contribution in [-0.2, 0) is 14.9 Å². The summed E-state index contributed by atoms with van der Waals surface area (Å²) in [5, 5.41) is 8.73. The molecule has 1 aliphatic heterocycles. The third-order valence-electron chi connectivity index (χ3n) is 3.17. The molecule has 0 atom stereocenters. The Labute approximate surface area is 103 Å². The number of fused-ring (bicyclic) bond motifs is 1. The Kier molecular flexibility index (Phi) is 2.41. The van der Waals surface area contributed by atoms with Gasteiger partial charge < -0.3 is 14.3 Å². The number of hydrogen-bond donors (Lipinski definition) is 1. The lowest BCUT2D eigenvalue weighted by Gasteiger charge is -2.39. The van der Waals surface area contributed by atoms with Crippen LogP contribution in [-0.4, -0.2) is 29.3 Å². The molecule has 5 heteroatoms. The average Bonchev–Trinajstić information content (AvgIpc) is 2.74. The van der Waals surface area contributed by atoms with Crippen molar-refractivity contribution in [3.8, 4) is 0 Å². The third kappa shape index (κ3) is 1.69. The van der Waals surface area contributed by atoms with Gasteiger partial charge in [-0.3, -0.25) is 0 Å². The van der Waals surface area contributed by atoms with Crippen molar-refractivity contribution in [3.63, 3.8) is 0 Å². The lowest BCUT2D eigenvalue weighted by molar-refractivity contribution is -0.131. The van der Waals surface area contributed by atoms with Gasteiger partial charge in [0.15, 0.2) is 12.0 Å². The number of carboxylic acids is 1. The zero-order valence-corrected chi connectivity index (χ0v) is 9.50. The molecule has 92 valence electrons. The van der Waals surface area contributed by atoms with Crippen molar-refractivity contribution in [2.24, 2.45) is 0 Å². The highest BCUT2D eigenvalue weighted by molar-refractivity contribution is 5.80. The highest BCUT2D eigenvalue weighted by Gasteiger charge is 2.38. The van der Waals surface area contributed by atoms with Gasteiger partial charge in [0, 0.05) is 6.08 Å². The van der Waals surface area contributed by atoms with Crippen molar-refractivity contribution >= 4 is 17.1 Å². The van der Waals surface area contributed by atoms with Crippen LogP contribution in [0.4, 0.5) is 0 Å². The summed E-state index contributed by atoms with van der Waals surface area (Å²) in [5.41, 5.74) is 2.11. The molecule has 0 aliphatic carbocycles. The van der Waals surface area contributed by atoms with Crippen LogP contribution in [0.2, 0.25) is 0 Å². The summed E-state index contributed by atoms with van der Waals surface area (Å²) in [6.07, 6.45) is 4.23. The number of carboxylic acid groups (broad SMARTS) is 1. The summed E-state index contributed by atoms with van der Waals surface area (Å²) in [6, 6.07) is 5.68. The molecule has 1 aromatic carbocycles. The van der Waals surface area contributed by atoms with Crippen LogP contribution in [0.25, 0.3) is 11.1 Å². The Hall–Kier alpha value is -2.14. The molecule has 0 amide bonds. The summed E-state index contributed by atoms with van der Waals surface area (Å²) < 4.78 is 10.5. The number of oxazole rings is 1. The van der Waals surface area contributed by atoms with Crippen LogP contribution in [0, 0.1) is 0 Å². The molecule has 1 saturated heterocycles. The van der Waals surface area contributed by atoms with Crippen LogP contribution in [0.5, 0.6) is 0 Å². The van der Waals surface area contributed by atoms with Crippen molar-refractivity contribution in [3.05, 3.63) is 42.3 Å². The molecule has 0 radical (unpaired) electrons. The molecule has 1 aliphatic rings. The number of aromatic nitrogens is 1. The fraction of sp³-hybridized carbons (Fsp3) is 0.231. The van der Waals surface area contributed by atoms with Gasteiger partial charge in [-0.2, -0.15) is 0 Å². The number of rotatable bonds is 3. The molecule has 18 heavy (non-hydrogen) atoms. The fourth-order valence-corrected chi connectivity index (χ4v) is 2.08. The van der Waals surface area contributed by atoms with E-state index in [4.69, 9.17) is 14.3 Å². The Morgan fingerprint density at radius 1 is 1.44 bits per heavy atom. The molecule has 0 spiro atoms. The molecule has 1 fully saturated rings. The number of benzene rings is 1. The average molecular weight is 245 g/mol. The van der Waals surface area contributed by atoms with Gasteiger partial charge in [-0.1, -0.05) is 12.1 Å². The maximum atomic E-state index is 10.6. The zero-order chi connectivity index (χ0) is 12.6. The summed E-state index contributed by atoms with van der Waals surface area (Å²) in [6.45, 7) is 0.965. The van der Waals surface area contributed by atoms with Gasteiger partial charge in [-0.15, -0.1) is 0 Å². The Balaban J connectivity index is 2.02. The van der Waals surface area contributed by atoms with Crippen LogP contribution in [0.3, 0.4) is 0 Å². The third-order valence-corrected chi connectivity index (χ3v) is 3.17. The molecule has 0 saturated carbocycles. The van der Waals surface area contributed by atoms with Crippen molar-refractivity contribution in [2.75, 3.05) is 13.2 Å².